The summed E-state index contributed by atoms with van der Waals surface area (Å²) >= 11 is 22.2. The summed E-state index contributed by atoms with van der Waals surface area (Å²) in [6, 6.07) is 32.5. The van der Waals surface area contributed by atoms with E-state index in [-0.39, 0.29) is 29.1 Å². The van der Waals surface area contributed by atoms with Crippen molar-refractivity contribution in [3.05, 3.63) is 180 Å². The Hall–Kier alpha value is -8.15. The van der Waals surface area contributed by atoms with E-state index in [1.165, 1.54) is 106 Å². The summed E-state index contributed by atoms with van der Waals surface area (Å²) < 4.78 is 11.2. The lowest BCUT2D eigenvalue weighted by atomic mass is 9.94. The number of nitriles is 3. The molecule has 1 unspecified atom stereocenters. The molecule has 0 aliphatic carbocycles. The number of nitrogens with two attached hydrogens (primary N) is 3. The molecule has 1 atom stereocenters. The van der Waals surface area contributed by atoms with Gasteiger partial charge in [0.25, 0.3) is 0 Å². The molecule has 8 N–H and O–H groups in total. The number of amides is 4. The zero-order valence-electron chi connectivity index (χ0n) is 61.0. The van der Waals surface area contributed by atoms with E-state index in [1.54, 1.807) is 79.9 Å². The van der Waals surface area contributed by atoms with E-state index in [1.807, 2.05) is 61.0 Å². The van der Waals surface area contributed by atoms with Crippen molar-refractivity contribution >= 4 is 114 Å². The molecule has 0 spiro atoms. The number of nitrogens with one attached hydrogen (secondary N) is 2. The summed E-state index contributed by atoms with van der Waals surface area (Å²) in [5, 5.41) is 38.5. The Morgan fingerprint density at radius 2 is 1.14 bits per heavy atom. The van der Waals surface area contributed by atoms with Crippen LogP contribution in [0.3, 0.4) is 0 Å². The first-order chi connectivity index (χ1) is 49.0. The minimum atomic E-state index is -0.833. The lowest BCUT2D eigenvalue weighted by molar-refractivity contribution is -0.285. The Bertz CT molecular complexity index is 3820. The third kappa shape index (κ3) is 37.7. The van der Waals surface area contributed by atoms with Crippen LogP contribution in [0.25, 0.3) is 28.1 Å². The van der Waals surface area contributed by atoms with Crippen molar-refractivity contribution in [3.63, 3.8) is 0 Å². The molecule has 1 saturated heterocycles. The molecule has 2 aliphatic heterocycles. The van der Waals surface area contributed by atoms with Gasteiger partial charge in [-0.15, -0.1) is 22.7 Å². The number of unbranched alkanes of at least 4 members (excludes halogenated alkanes) is 4. The highest BCUT2D eigenvalue weighted by Gasteiger charge is 2.37. The molecule has 552 valence electrons. The van der Waals surface area contributed by atoms with Crippen molar-refractivity contribution in [2.75, 3.05) is 18.5 Å². The normalized spacial score (nSPS) is 13.4. The number of hydrogen-bond acceptors (Lipinski definition) is 17. The van der Waals surface area contributed by atoms with Crippen LogP contribution in [-0.4, -0.2) is 79.2 Å². The molecule has 0 saturated carbocycles. The van der Waals surface area contributed by atoms with Gasteiger partial charge in [0.2, 0.25) is 0 Å². The Morgan fingerprint density at radius 3 is 1.52 bits per heavy atom. The second kappa shape index (κ2) is 50.3. The molecular weight excluding hydrogens is 1460 g/mol. The minimum Gasteiger partial charge on any atom is -0.393 e. The zero-order chi connectivity index (χ0) is 76.9. The number of allylic oxidation sites excluding steroid dienone is 1. The van der Waals surface area contributed by atoms with Crippen molar-refractivity contribution in [3.8, 4) is 40.7 Å². The van der Waals surface area contributed by atoms with Crippen molar-refractivity contribution < 1.29 is 33.4 Å². The Balaban J connectivity index is 0.000000422. The molecule has 25 heteroatoms. The highest BCUT2D eigenvalue weighted by atomic mass is 79.9. The number of benzene rings is 3. The molecule has 4 amide bonds. The lowest BCUT2D eigenvalue weighted by Crippen LogP contribution is -2.47. The summed E-state index contributed by atoms with van der Waals surface area (Å²) in [5.74, 6) is 1.48. The van der Waals surface area contributed by atoms with Crippen molar-refractivity contribution in [2.24, 2.45) is 34.5 Å². The van der Waals surface area contributed by atoms with Crippen molar-refractivity contribution in [1.29, 1.82) is 15.8 Å². The molecular formula is C78H99BrCl2N12O7S3. The SMILES string of the molecule is CC(=O)Cc1nc(-c2ccc(C#N)cc2)cs1.CC1(C)COC(C)(CC(N)=S)OC1.CC1=C(c2nc(-c3ccc(C#N)cc3)cs2)C(c2ccc(Cl)nc2)NC(=O)N1.CCCCC(C)CCCC.CCCCC(C)CCCC.N#Cc1ccc(C(=O)CBr)cc1.NC(N)=O.O=Cc1ccc(Cl)nc1. The second-order valence-electron chi connectivity index (χ2n) is 25.4. The van der Waals surface area contributed by atoms with Gasteiger partial charge in [0, 0.05) is 62.1 Å². The van der Waals surface area contributed by atoms with Crippen LogP contribution in [0.5, 0.6) is 0 Å². The van der Waals surface area contributed by atoms with Crippen LogP contribution in [0, 0.1) is 51.2 Å². The van der Waals surface area contributed by atoms with Crippen LogP contribution in [0.4, 0.5) is 9.59 Å². The summed E-state index contributed by atoms with van der Waals surface area (Å²) in [4.78, 5) is 70.5. The first-order valence-electron chi connectivity index (χ1n) is 34.1. The summed E-state index contributed by atoms with van der Waals surface area (Å²) in [7, 11) is 0. The van der Waals surface area contributed by atoms with Crippen LogP contribution >= 0.6 is 74.0 Å². The molecule has 2 aliphatic rings. The number of aromatic nitrogens is 4. The predicted molar refractivity (Wildman–Crippen MR) is 425 cm³/mol. The van der Waals surface area contributed by atoms with Crippen molar-refractivity contribution in [1.82, 2.24) is 30.6 Å². The highest BCUT2D eigenvalue weighted by molar-refractivity contribution is 9.09. The monoisotopic (exact) mass is 1560 g/mol. The Morgan fingerprint density at radius 1 is 0.699 bits per heavy atom. The van der Waals surface area contributed by atoms with Crippen LogP contribution in [-0.2, 0) is 20.7 Å². The molecule has 9 rings (SSSR count). The van der Waals surface area contributed by atoms with Crippen LogP contribution in [0.15, 0.2) is 126 Å². The van der Waals surface area contributed by atoms with Crippen LogP contribution < -0.4 is 27.8 Å². The second-order valence-corrected chi connectivity index (χ2v) is 29.0. The Kier molecular flexibility index (Phi) is 44.4. The molecule has 4 aromatic heterocycles. The first-order valence-corrected chi connectivity index (χ1v) is 38.1. The number of thiazole rings is 2. The quantitative estimate of drug-likeness (QED) is 0.0131. The molecule has 19 nitrogen and oxygen atoms in total. The number of aldehydes is 1. The van der Waals surface area contributed by atoms with Gasteiger partial charge in [-0.2, -0.15) is 15.8 Å². The molecule has 6 heterocycles. The Labute approximate surface area is 640 Å². The largest absolute Gasteiger partial charge is 0.393 e. The number of ketones is 2. The maximum absolute atomic E-state index is 12.0. The van der Waals surface area contributed by atoms with E-state index in [2.05, 4.69) is 121 Å². The zero-order valence-corrected chi connectivity index (χ0v) is 66.5. The maximum Gasteiger partial charge on any atom is 0.319 e. The maximum atomic E-state index is 12.0. The predicted octanol–water partition coefficient (Wildman–Crippen LogP) is 19.5. The van der Waals surface area contributed by atoms with E-state index < -0.39 is 11.8 Å². The van der Waals surface area contributed by atoms with E-state index >= 15 is 0 Å². The van der Waals surface area contributed by atoms with Crippen LogP contribution in [0.1, 0.15) is 219 Å². The fourth-order valence-corrected chi connectivity index (χ4v) is 12.1. The number of nitrogens with zero attached hydrogens (tertiary/aromatic N) is 7. The van der Waals surface area contributed by atoms with Gasteiger partial charge in [-0.05, 0) is 92.8 Å². The molecule has 0 bridgehead atoms. The lowest BCUT2D eigenvalue weighted by Gasteiger charge is -2.41. The average Bonchev–Trinajstić information content (AvgIpc) is 1.75. The smallest absolute Gasteiger partial charge is 0.319 e. The fourth-order valence-electron chi connectivity index (χ4n) is 9.45. The standard InChI is InChI=1S/C20H14ClN5OS.C13H10N2OS.2C10H22.C9H6BrNO.C9H17NO2S.C6H4ClNO.CH4N2O/c1-11-17(18(26-20(27)24-11)14-6-7-16(21)23-9-14)19-25-15(10-28-19)13-4-2-12(8-22)3-5-13;1-9(16)6-13-15-12(8-17-13)11-4-2-10(7-14)3-5-11;2*1-4-6-8-10(3)9-7-5-2;10-5-9(12)8-3-1-7(6-11)2-4-8;1-8(2)5-11-9(3,12-6-8)4-7(10)13;7-6-2-1-5(4-9)3-8-6;2-1(3)4/h2-7,9-10,18H,1H3,(H2,24,26,27);2-5,8H,6H2,1H3;2*10H,4-9H2,1-3H3;1-4H,5H2;4-6H2,1-3H3,(H2,10,13);1-4H;(H4,2,3,4). The number of halogens is 3. The average molecular weight is 1560 g/mol. The topological polar surface area (TPSA) is 329 Å². The van der Waals surface area contributed by atoms with Gasteiger partial charge in [-0.25, -0.2) is 29.5 Å². The number of carbonyl (C=O) groups excluding carboxylic acids is 5. The molecule has 103 heavy (non-hydrogen) atoms. The summed E-state index contributed by atoms with van der Waals surface area (Å²) in [6.07, 6.45) is 21.6. The number of hydrogen-bond donors (Lipinski definition) is 5. The van der Waals surface area contributed by atoms with E-state index in [9.17, 15) is 19.2 Å². The van der Waals surface area contributed by atoms with Gasteiger partial charge < -0.3 is 37.3 Å². The highest BCUT2D eigenvalue weighted by Crippen LogP contribution is 2.38. The fraction of sp³-hybridized carbons (Fsp3) is 0.423. The number of ether oxygens (including phenoxy) is 2. The van der Waals surface area contributed by atoms with Gasteiger partial charge in [-0.3, -0.25) is 14.4 Å². The van der Waals surface area contributed by atoms with Gasteiger partial charge in [0.1, 0.15) is 26.1 Å². The number of thiocarbonyl (C=S) groups is 1. The summed E-state index contributed by atoms with van der Waals surface area (Å²) in [5.41, 5.74) is 23.0. The van der Waals surface area contributed by atoms with Gasteiger partial charge in [0.15, 0.2) is 17.9 Å². The number of carbonyl (C=O) groups is 5. The number of alkyl halides is 1. The third-order valence-corrected chi connectivity index (χ3v) is 18.1. The first kappa shape index (κ1) is 90.9. The molecule has 0 radical (unpaired) electrons. The van der Waals surface area contributed by atoms with Gasteiger partial charge in [0.05, 0.1) is 88.7 Å². The molecule has 1 fully saturated rings. The molecule has 7 aromatic rings. The third-order valence-electron chi connectivity index (χ3n) is 15.2. The molecule has 3 aromatic carbocycles. The van der Waals surface area contributed by atoms with Gasteiger partial charge >= 0.3 is 12.1 Å². The van der Waals surface area contributed by atoms with E-state index in [4.69, 9.17) is 76.2 Å². The number of rotatable bonds is 23. The number of urea groups is 2. The van der Waals surface area contributed by atoms with Crippen LogP contribution in [0.2, 0.25) is 10.3 Å². The van der Waals surface area contributed by atoms with E-state index in [0.717, 1.165) is 67.5 Å². The van der Waals surface area contributed by atoms with Gasteiger partial charge in [-0.1, -0.05) is 226 Å². The minimum absolute atomic E-state index is 0.0273. The number of Topliss-reactive ketones (excluding diaryl/α,β-unsaturated/α-hetero) is 2. The van der Waals surface area contributed by atoms with Crippen molar-refractivity contribution in [2.45, 2.75) is 178 Å². The summed E-state index contributed by atoms with van der Waals surface area (Å²) in [6.45, 7) is 24.7. The number of pyridine rings is 2. The van der Waals surface area contributed by atoms with E-state index in [0.29, 0.717) is 74.5 Å². The number of primary amides is 2.